The van der Waals surface area contributed by atoms with Gasteiger partial charge in [-0.1, -0.05) is 13.0 Å². The third kappa shape index (κ3) is 8.22. The van der Waals surface area contributed by atoms with Gasteiger partial charge in [-0.3, -0.25) is 4.90 Å². The Hall–Kier alpha value is -2.28. The number of amides is 1. The van der Waals surface area contributed by atoms with Crippen LogP contribution in [0.3, 0.4) is 0 Å². The number of hydrogen-bond acceptors (Lipinski definition) is 6. The fourth-order valence-electron chi connectivity index (χ4n) is 3.24. The van der Waals surface area contributed by atoms with Gasteiger partial charge >= 0.3 is 6.09 Å². The maximum atomic E-state index is 12.0. The second-order valence-electron chi connectivity index (χ2n) is 8.65. The summed E-state index contributed by atoms with van der Waals surface area (Å²) in [5.41, 5.74) is 1.82. The predicted molar refractivity (Wildman–Crippen MR) is 122 cm³/mol. The summed E-state index contributed by atoms with van der Waals surface area (Å²) in [7, 11) is 2.10. The van der Waals surface area contributed by atoms with E-state index in [4.69, 9.17) is 14.5 Å². The summed E-state index contributed by atoms with van der Waals surface area (Å²) in [5, 5.41) is 3.38. The average Bonchev–Trinajstić information content (AvgIpc) is 2.68. The predicted octanol–water partition coefficient (Wildman–Crippen LogP) is 4.44. The van der Waals surface area contributed by atoms with Crippen molar-refractivity contribution in [2.75, 3.05) is 50.1 Å². The number of nitrogens with one attached hydrogen (secondary N) is 1. The van der Waals surface area contributed by atoms with Crippen LogP contribution in [-0.2, 0) is 15.9 Å². The number of hydrogen-bond donors (Lipinski definition) is 1. The second-order valence-corrected chi connectivity index (χ2v) is 8.65. The van der Waals surface area contributed by atoms with E-state index >= 15 is 0 Å². The van der Waals surface area contributed by atoms with Gasteiger partial charge < -0.3 is 19.7 Å². The van der Waals surface area contributed by atoms with Gasteiger partial charge in [0.1, 0.15) is 11.4 Å². The molecule has 1 aromatic rings. The van der Waals surface area contributed by atoms with Gasteiger partial charge in [-0.05, 0) is 58.6 Å². The zero-order valence-corrected chi connectivity index (χ0v) is 19.1. The first kappa shape index (κ1) is 24.0. The molecule has 1 amide bonds. The first-order valence-corrected chi connectivity index (χ1v) is 10.9. The number of fused-ring (bicyclic) bond motifs is 1. The summed E-state index contributed by atoms with van der Waals surface area (Å²) in [6.07, 6.45) is 6.14. The van der Waals surface area contributed by atoms with Gasteiger partial charge in [-0.15, -0.1) is 0 Å². The highest BCUT2D eigenvalue weighted by molar-refractivity contribution is 5.69. The molecule has 0 saturated carbocycles. The number of rotatable bonds is 11. The van der Waals surface area contributed by atoms with Crippen molar-refractivity contribution in [3.05, 3.63) is 30.6 Å². The van der Waals surface area contributed by atoms with Crippen molar-refractivity contribution in [2.24, 2.45) is 0 Å². The van der Waals surface area contributed by atoms with Crippen LogP contribution in [0.5, 0.6) is 0 Å². The van der Waals surface area contributed by atoms with Gasteiger partial charge in [0.25, 0.3) is 0 Å². The van der Waals surface area contributed by atoms with E-state index in [9.17, 15) is 4.79 Å². The molecule has 0 fully saturated rings. The Morgan fingerprint density at radius 3 is 2.77 bits per heavy atom. The molecule has 0 bridgehead atoms. The van der Waals surface area contributed by atoms with Gasteiger partial charge in [-0.25, -0.2) is 9.78 Å². The number of unbranched alkanes of at least 4 members (excludes halogenated alkanes) is 2. The van der Waals surface area contributed by atoms with E-state index in [1.807, 2.05) is 20.8 Å². The van der Waals surface area contributed by atoms with Crippen molar-refractivity contribution in [1.29, 1.82) is 0 Å². The van der Waals surface area contributed by atoms with E-state index in [-0.39, 0.29) is 6.09 Å². The van der Waals surface area contributed by atoms with E-state index in [0.29, 0.717) is 13.2 Å². The molecular formula is C23H38N4O3. The number of aromatic nitrogens is 1. The highest BCUT2D eigenvalue weighted by atomic mass is 16.6. The van der Waals surface area contributed by atoms with Gasteiger partial charge in [0.05, 0.1) is 5.69 Å². The van der Waals surface area contributed by atoms with E-state index in [1.165, 1.54) is 16.8 Å². The molecule has 0 aliphatic carbocycles. The molecule has 0 spiro atoms. The standard InChI is InChI=1S/C23H38N4O3/c1-6-27(22(28)30-23(2,3)4)15-10-18-29-17-9-7-8-11-19-12-13-20-21(25-19)24-14-16-26(20)5/h6,12-13H,1,7-11,14-18H2,2-5H3,(H,24,25). The van der Waals surface area contributed by atoms with Crippen LogP contribution >= 0.6 is 0 Å². The molecule has 7 nitrogen and oxygen atoms in total. The summed E-state index contributed by atoms with van der Waals surface area (Å²) in [4.78, 5) is 20.5. The molecule has 168 valence electrons. The molecule has 0 unspecified atom stereocenters. The van der Waals surface area contributed by atoms with Crippen molar-refractivity contribution in [3.8, 4) is 0 Å². The highest BCUT2D eigenvalue weighted by Crippen LogP contribution is 2.26. The third-order valence-electron chi connectivity index (χ3n) is 4.84. The zero-order chi connectivity index (χ0) is 22.0. The Bertz CT molecular complexity index is 688. The summed E-state index contributed by atoms with van der Waals surface area (Å²) >= 11 is 0. The van der Waals surface area contributed by atoms with Crippen molar-refractivity contribution in [2.45, 2.75) is 58.5 Å². The summed E-state index contributed by atoms with van der Waals surface area (Å²) in [6, 6.07) is 4.30. The molecule has 0 aromatic carbocycles. The van der Waals surface area contributed by atoms with Crippen molar-refractivity contribution in [1.82, 2.24) is 9.88 Å². The number of anilines is 2. The molecule has 2 rings (SSSR count). The molecule has 7 heteroatoms. The normalized spacial score (nSPS) is 13.4. The minimum absolute atomic E-state index is 0.366. The number of likely N-dealkylation sites (N-methyl/N-ethyl adjacent to an activating group) is 1. The fraction of sp³-hybridized carbons (Fsp3) is 0.652. The molecule has 30 heavy (non-hydrogen) atoms. The average molecular weight is 419 g/mol. The molecular weight excluding hydrogens is 380 g/mol. The number of nitrogens with zero attached hydrogens (tertiary/aromatic N) is 3. The lowest BCUT2D eigenvalue weighted by atomic mass is 10.1. The molecule has 1 aromatic heterocycles. The van der Waals surface area contributed by atoms with Crippen LogP contribution in [0.15, 0.2) is 24.9 Å². The van der Waals surface area contributed by atoms with E-state index in [2.05, 4.69) is 36.0 Å². The first-order valence-electron chi connectivity index (χ1n) is 10.9. The van der Waals surface area contributed by atoms with Crippen LogP contribution in [0.1, 0.15) is 52.1 Å². The zero-order valence-electron chi connectivity index (χ0n) is 19.1. The second kappa shape index (κ2) is 11.8. The van der Waals surface area contributed by atoms with Crippen LogP contribution in [0.4, 0.5) is 16.3 Å². The fourth-order valence-corrected chi connectivity index (χ4v) is 3.24. The number of carbonyl (C=O) groups excluding carboxylic acids is 1. The molecule has 1 aliphatic rings. The lowest BCUT2D eigenvalue weighted by Crippen LogP contribution is -2.34. The number of aryl methyl sites for hydroxylation is 1. The van der Waals surface area contributed by atoms with Crippen molar-refractivity contribution < 1.29 is 14.3 Å². The monoisotopic (exact) mass is 418 g/mol. The highest BCUT2D eigenvalue weighted by Gasteiger charge is 2.20. The molecule has 2 heterocycles. The smallest absolute Gasteiger partial charge is 0.414 e. The first-order chi connectivity index (χ1) is 14.3. The Morgan fingerprint density at radius 1 is 1.27 bits per heavy atom. The molecule has 1 N–H and O–H groups in total. The van der Waals surface area contributed by atoms with Crippen LogP contribution in [0.25, 0.3) is 0 Å². The SMILES string of the molecule is C=CN(CCCOCCCCCc1ccc2c(n1)NCCN2C)C(=O)OC(C)(C)C. The lowest BCUT2D eigenvalue weighted by molar-refractivity contribution is 0.0318. The maximum absolute atomic E-state index is 12.0. The lowest BCUT2D eigenvalue weighted by Gasteiger charge is -2.27. The summed E-state index contributed by atoms with van der Waals surface area (Å²) in [6.45, 7) is 13.1. The summed E-state index contributed by atoms with van der Waals surface area (Å²) in [5.74, 6) is 1.00. The van der Waals surface area contributed by atoms with Crippen LogP contribution in [-0.4, -0.2) is 61.5 Å². The van der Waals surface area contributed by atoms with Crippen LogP contribution in [0.2, 0.25) is 0 Å². The Kier molecular flexibility index (Phi) is 9.43. The third-order valence-corrected chi connectivity index (χ3v) is 4.84. The topological polar surface area (TPSA) is 66.9 Å². The minimum Gasteiger partial charge on any atom is -0.443 e. The summed E-state index contributed by atoms with van der Waals surface area (Å²) < 4.78 is 11.1. The van der Waals surface area contributed by atoms with Gasteiger partial charge in [0.15, 0.2) is 0 Å². The maximum Gasteiger partial charge on any atom is 0.414 e. The molecule has 0 saturated heterocycles. The Morgan fingerprint density at radius 2 is 2.03 bits per heavy atom. The number of carbonyl (C=O) groups is 1. The van der Waals surface area contributed by atoms with Gasteiger partial charge in [-0.2, -0.15) is 0 Å². The van der Waals surface area contributed by atoms with E-state index < -0.39 is 5.60 Å². The molecule has 0 atom stereocenters. The van der Waals surface area contributed by atoms with Crippen LogP contribution < -0.4 is 10.2 Å². The van der Waals surface area contributed by atoms with Gasteiger partial charge in [0.2, 0.25) is 0 Å². The number of ether oxygens (including phenoxy) is 2. The van der Waals surface area contributed by atoms with Crippen molar-refractivity contribution >= 4 is 17.6 Å². The number of pyridine rings is 1. The van der Waals surface area contributed by atoms with E-state index in [0.717, 1.165) is 63.3 Å². The molecule has 1 aliphatic heterocycles. The van der Waals surface area contributed by atoms with Gasteiger partial charge in [0, 0.05) is 51.8 Å². The van der Waals surface area contributed by atoms with Crippen LogP contribution in [0, 0.1) is 0 Å². The Labute approximate surface area is 181 Å². The van der Waals surface area contributed by atoms with Crippen molar-refractivity contribution in [3.63, 3.8) is 0 Å². The largest absolute Gasteiger partial charge is 0.443 e. The van der Waals surface area contributed by atoms with E-state index in [1.54, 1.807) is 0 Å². The quantitative estimate of drug-likeness (QED) is 0.536. The molecule has 0 radical (unpaired) electrons. The Balaban J connectivity index is 1.53. The minimum atomic E-state index is -0.504.